The summed E-state index contributed by atoms with van der Waals surface area (Å²) in [6.07, 6.45) is -8.61. The maximum absolute atomic E-state index is 9.70. The predicted molar refractivity (Wildman–Crippen MR) is 135 cm³/mol. The Labute approximate surface area is 215 Å². The second-order valence-electron chi connectivity index (χ2n) is 10.5. The van der Waals surface area contributed by atoms with Crippen LogP contribution >= 0.6 is 0 Å². The Bertz CT molecular complexity index is 601. The number of allylic oxidation sites excluding steroid dienone is 1. The zero-order valence-corrected chi connectivity index (χ0v) is 22.7. The fourth-order valence-corrected chi connectivity index (χ4v) is 4.15. The van der Waals surface area contributed by atoms with Gasteiger partial charge in [-0.25, -0.2) is 0 Å². The molecule has 0 aromatic rings. The van der Waals surface area contributed by atoms with Gasteiger partial charge >= 0.3 is 0 Å². The van der Waals surface area contributed by atoms with E-state index in [2.05, 4.69) is 25.7 Å². The minimum absolute atomic E-state index is 0.0504. The summed E-state index contributed by atoms with van der Waals surface area (Å²) in [7, 11) is 0. The van der Waals surface area contributed by atoms with Crippen LogP contribution < -0.4 is 5.32 Å². The molecule has 1 aliphatic heterocycles. The van der Waals surface area contributed by atoms with E-state index in [1.807, 2.05) is 20.8 Å². The van der Waals surface area contributed by atoms with Gasteiger partial charge in [-0.1, -0.05) is 20.4 Å². The quantitative estimate of drug-likeness (QED) is 0.200. The van der Waals surface area contributed by atoms with Gasteiger partial charge in [0.25, 0.3) is 0 Å². The monoisotopic (exact) mass is 525 g/mol. The van der Waals surface area contributed by atoms with Gasteiger partial charge in [-0.3, -0.25) is 0 Å². The smallest absolute Gasteiger partial charge is 0.186 e. The second-order valence-corrected chi connectivity index (χ2v) is 10.5. The van der Waals surface area contributed by atoms with Crippen LogP contribution in [-0.2, 0) is 9.47 Å². The first-order valence-corrected chi connectivity index (χ1v) is 12.6. The van der Waals surface area contributed by atoms with Gasteiger partial charge in [0.05, 0.1) is 24.9 Å². The maximum Gasteiger partial charge on any atom is 0.186 e. The highest BCUT2D eigenvalue weighted by atomic mass is 16.7. The lowest BCUT2D eigenvalue weighted by molar-refractivity contribution is -0.308. The second kappa shape index (κ2) is 16.9. The van der Waals surface area contributed by atoms with E-state index in [0.29, 0.717) is 12.5 Å². The molecule has 10 atom stereocenters. The van der Waals surface area contributed by atoms with Crippen LogP contribution in [0.1, 0.15) is 54.9 Å². The van der Waals surface area contributed by atoms with E-state index < -0.39 is 55.6 Å². The topological polar surface area (TPSA) is 192 Å². The molecule has 1 saturated carbocycles. The maximum atomic E-state index is 9.70. The molecule has 0 spiro atoms. The van der Waals surface area contributed by atoms with E-state index in [0.717, 1.165) is 5.70 Å². The van der Waals surface area contributed by atoms with E-state index in [4.69, 9.17) is 19.7 Å². The predicted octanol–water partition coefficient (Wildman–Crippen LogP) is -0.917. The van der Waals surface area contributed by atoms with Gasteiger partial charge in [-0.2, -0.15) is 0 Å². The molecular weight excluding hydrogens is 474 g/mol. The van der Waals surface area contributed by atoms with E-state index in [1.54, 1.807) is 13.8 Å². The summed E-state index contributed by atoms with van der Waals surface area (Å²) in [5.74, 6) is -0.132. The molecule has 216 valence electrons. The molecule has 9 N–H and O–H groups in total. The van der Waals surface area contributed by atoms with Crippen LogP contribution in [0.25, 0.3) is 0 Å². The normalized spacial score (nSPS) is 36.6. The largest absolute Gasteiger partial charge is 0.396 e. The van der Waals surface area contributed by atoms with Crippen LogP contribution in [0.5, 0.6) is 0 Å². The van der Waals surface area contributed by atoms with Crippen molar-refractivity contribution in [2.45, 2.75) is 116 Å². The van der Waals surface area contributed by atoms with Crippen molar-refractivity contribution in [3.63, 3.8) is 0 Å². The highest BCUT2D eigenvalue weighted by Crippen LogP contribution is 2.34. The van der Waals surface area contributed by atoms with Gasteiger partial charge in [0, 0.05) is 24.3 Å². The highest BCUT2D eigenvalue weighted by molar-refractivity contribution is 4.93. The Morgan fingerprint density at radius 1 is 0.833 bits per heavy atom. The Kier molecular flexibility index (Phi) is 16.5. The first-order chi connectivity index (χ1) is 16.6. The molecule has 0 amide bonds. The molecule has 1 aliphatic carbocycles. The van der Waals surface area contributed by atoms with E-state index in [-0.39, 0.29) is 30.5 Å². The van der Waals surface area contributed by atoms with E-state index in [9.17, 15) is 30.6 Å². The van der Waals surface area contributed by atoms with Crippen LogP contribution in [0.15, 0.2) is 12.3 Å². The fourth-order valence-electron chi connectivity index (χ4n) is 4.15. The summed E-state index contributed by atoms with van der Waals surface area (Å²) < 4.78 is 10.3. The van der Waals surface area contributed by atoms with Crippen molar-refractivity contribution >= 4 is 0 Å². The molecule has 36 heavy (non-hydrogen) atoms. The summed E-state index contributed by atoms with van der Waals surface area (Å²) >= 11 is 0. The highest BCUT2D eigenvalue weighted by Gasteiger charge is 2.44. The van der Waals surface area contributed by atoms with Crippen molar-refractivity contribution < 1.29 is 50.3 Å². The standard InChI is InChI=1S/C10H20O4.C9H18O6.C6H13N/c1-5(2)7-3-6(4-11)8(12)10(14)9(7)13;1-4(2)14-9-8(13)7(12)6(11)5(3-10)15-9;1-5(2)7-6(3)4/h5-14H,3-4H2,1-2H3;4-13H,3H2,1-2H3;6-7H,1H2,2-4H3/t6-,7+,8-,9+,10+;5-,6-,7+,8-,9-;/m11./s1. The van der Waals surface area contributed by atoms with Gasteiger partial charge in [-0.05, 0) is 52.9 Å². The van der Waals surface area contributed by atoms with Crippen molar-refractivity contribution in [3.8, 4) is 0 Å². The van der Waals surface area contributed by atoms with Gasteiger partial charge in [0.15, 0.2) is 6.29 Å². The first-order valence-electron chi connectivity index (χ1n) is 12.6. The summed E-state index contributed by atoms with van der Waals surface area (Å²) in [4.78, 5) is 0. The number of hydrogen-bond donors (Lipinski definition) is 9. The molecule has 11 heteroatoms. The number of aliphatic hydroxyl groups is 8. The average molecular weight is 526 g/mol. The zero-order chi connectivity index (χ0) is 28.3. The third-order valence-electron chi connectivity index (χ3n) is 6.08. The van der Waals surface area contributed by atoms with Crippen LogP contribution in [0, 0.1) is 17.8 Å². The Balaban J connectivity index is 0.000000545. The summed E-state index contributed by atoms with van der Waals surface area (Å²) in [5.41, 5.74) is 1.04. The number of hydrogen-bond acceptors (Lipinski definition) is 11. The number of nitrogens with one attached hydrogen (secondary N) is 1. The molecule has 1 saturated heterocycles. The Morgan fingerprint density at radius 3 is 1.72 bits per heavy atom. The third-order valence-corrected chi connectivity index (χ3v) is 6.08. The van der Waals surface area contributed by atoms with Crippen molar-refractivity contribution in [1.82, 2.24) is 5.32 Å². The summed E-state index contributed by atoms with van der Waals surface area (Å²) in [6, 6.07) is 0.525. The number of ether oxygens (including phenoxy) is 2. The van der Waals surface area contributed by atoms with E-state index >= 15 is 0 Å². The molecule has 0 unspecified atom stereocenters. The minimum atomic E-state index is -1.38. The molecule has 0 aromatic heterocycles. The SMILES string of the molecule is C=C(C)NC(C)C.CC(C)O[C@@H]1O[C@H](CO)[C@@H](O)[C@H](O)[C@H]1O.CC(C)[C@@H]1C[C@H](CO)[C@@H](O)[C@H](O)[C@H]1O. The molecule has 0 aromatic carbocycles. The fraction of sp³-hybridized carbons (Fsp3) is 0.920. The van der Waals surface area contributed by atoms with Crippen LogP contribution in [0.4, 0.5) is 0 Å². The van der Waals surface area contributed by atoms with Gasteiger partial charge < -0.3 is 55.6 Å². The first kappa shape index (κ1) is 35.1. The van der Waals surface area contributed by atoms with E-state index in [1.165, 1.54) is 0 Å². The Hall–Kier alpha value is -0.860. The summed E-state index contributed by atoms with van der Waals surface area (Å²) in [5, 5.41) is 78.2. The molecule has 0 bridgehead atoms. The number of rotatable bonds is 7. The van der Waals surface area contributed by atoms with Gasteiger partial charge in [0.1, 0.15) is 30.5 Å². The molecule has 1 heterocycles. The van der Waals surface area contributed by atoms with Crippen LogP contribution in [-0.4, -0.2) is 115 Å². The van der Waals surface area contributed by atoms with Crippen LogP contribution in [0.2, 0.25) is 0 Å². The van der Waals surface area contributed by atoms with Crippen molar-refractivity contribution in [2.24, 2.45) is 17.8 Å². The van der Waals surface area contributed by atoms with Crippen molar-refractivity contribution in [1.29, 1.82) is 0 Å². The van der Waals surface area contributed by atoms with Crippen molar-refractivity contribution in [3.05, 3.63) is 12.3 Å². The molecule has 11 nitrogen and oxygen atoms in total. The summed E-state index contributed by atoms with van der Waals surface area (Å²) in [6.45, 7) is 16.7. The molecule has 2 fully saturated rings. The lowest BCUT2D eigenvalue weighted by atomic mass is 9.72. The van der Waals surface area contributed by atoms with Crippen LogP contribution in [0.3, 0.4) is 0 Å². The van der Waals surface area contributed by atoms with Gasteiger partial charge in [-0.15, -0.1) is 0 Å². The van der Waals surface area contributed by atoms with Crippen molar-refractivity contribution in [2.75, 3.05) is 13.2 Å². The zero-order valence-electron chi connectivity index (χ0n) is 22.7. The Morgan fingerprint density at radius 2 is 1.36 bits per heavy atom. The average Bonchev–Trinajstić information content (AvgIpc) is 2.77. The third kappa shape index (κ3) is 11.3. The molecule has 2 aliphatic rings. The lowest BCUT2D eigenvalue weighted by Crippen LogP contribution is -2.59. The molecule has 2 rings (SSSR count). The van der Waals surface area contributed by atoms with Gasteiger partial charge in [0.2, 0.25) is 0 Å². The lowest BCUT2D eigenvalue weighted by Gasteiger charge is -2.41. The minimum Gasteiger partial charge on any atom is -0.396 e. The molecular formula is C25H51NO10. The number of aliphatic hydroxyl groups excluding tert-OH is 8. The molecule has 0 radical (unpaired) electrons.